The van der Waals surface area contributed by atoms with E-state index >= 15 is 0 Å². The number of benzene rings is 1. The predicted molar refractivity (Wildman–Crippen MR) is 77.8 cm³/mol. The number of aryl methyl sites for hydroxylation is 1. The highest BCUT2D eigenvalue weighted by Crippen LogP contribution is 2.20. The van der Waals surface area contributed by atoms with Crippen molar-refractivity contribution >= 4 is 5.91 Å². The molecule has 1 aliphatic rings. The van der Waals surface area contributed by atoms with E-state index in [1.807, 2.05) is 43.3 Å². The number of amides is 1. The Bertz CT molecular complexity index is 630. The minimum absolute atomic E-state index is 0.0246. The van der Waals surface area contributed by atoms with Crippen molar-refractivity contribution in [3.05, 3.63) is 59.7 Å². The van der Waals surface area contributed by atoms with E-state index in [0.717, 1.165) is 5.69 Å². The quantitative estimate of drug-likeness (QED) is 0.846. The fourth-order valence-electron chi connectivity index (χ4n) is 2.38. The maximum atomic E-state index is 12.5. The Morgan fingerprint density at radius 3 is 2.86 bits per heavy atom. The van der Waals surface area contributed by atoms with Crippen molar-refractivity contribution in [3.63, 3.8) is 0 Å². The van der Waals surface area contributed by atoms with Crippen molar-refractivity contribution < 1.29 is 9.53 Å². The van der Waals surface area contributed by atoms with E-state index in [4.69, 9.17) is 4.74 Å². The number of rotatable bonds is 2. The van der Waals surface area contributed by atoms with Gasteiger partial charge in [-0.25, -0.2) is 9.97 Å². The van der Waals surface area contributed by atoms with E-state index in [1.54, 1.807) is 11.1 Å². The van der Waals surface area contributed by atoms with Crippen LogP contribution in [-0.2, 0) is 4.74 Å². The van der Waals surface area contributed by atoms with Crippen molar-refractivity contribution in [1.82, 2.24) is 14.9 Å². The number of hydrogen-bond donors (Lipinski definition) is 0. The average Bonchev–Trinajstić information content (AvgIpc) is 2.55. The maximum Gasteiger partial charge on any atom is 0.254 e. The highest BCUT2D eigenvalue weighted by atomic mass is 16.5. The lowest BCUT2D eigenvalue weighted by molar-refractivity contribution is -0.0268. The predicted octanol–water partition coefficient (Wildman–Crippen LogP) is 2.00. The summed E-state index contributed by atoms with van der Waals surface area (Å²) in [6, 6.07) is 11.1. The van der Waals surface area contributed by atoms with Crippen LogP contribution in [0.5, 0.6) is 0 Å². The molecular weight excluding hydrogens is 266 g/mol. The second-order valence-corrected chi connectivity index (χ2v) is 5.03. The lowest BCUT2D eigenvalue weighted by Gasteiger charge is -2.32. The summed E-state index contributed by atoms with van der Waals surface area (Å²) < 4.78 is 5.72. The van der Waals surface area contributed by atoms with Gasteiger partial charge in [0.25, 0.3) is 5.91 Å². The molecule has 21 heavy (non-hydrogen) atoms. The molecule has 1 atom stereocenters. The van der Waals surface area contributed by atoms with Crippen molar-refractivity contribution in [2.24, 2.45) is 0 Å². The molecule has 1 amide bonds. The topological polar surface area (TPSA) is 55.3 Å². The number of hydrogen-bond acceptors (Lipinski definition) is 4. The summed E-state index contributed by atoms with van der Waals surface area (Å²) in [4.78, 5) is 22.9. The maximum absolute atomic E-state index is 12.5. The number of aromatic nitrogens is 2. The van der Waals surface area contributed by atoms with Gasteiger partial charge in [0.1, 0.15) is 6.10 Å². The van der Waals surface area contributed by atoms with Gasteiger partial charge in [0.2, 0.25) is 0 Å². The van der Waals surface area contributed by atoms with Crippen LogP contribution in [0.25, 0.3) is 0 Å². The zero-order chi connectivity index (χ0) is 14.7. The third kappa shape index (κ3) is 3.08. The smallest absolute Gasteiger partial charge is 0.254 e. The van der Waals surface area contributed by atoms with Gasteiger partial charge in [-0.15, -0.1) is 0 Å². The summed E-state index contributed by atoms with van der Waals surface area (Å²) >= 11 is 0. The van der Waals surface area contributed by atoms with E-state index in [9.17, 15) is 4.79 Å². The third-order valence-corrected chi connectivity index (χ3v) is 3.48. The van der Waals surface area contributed by atoms with Gasteiger partial charge in [0.15, 0.2) is 5.82 Å². The zero-order valence-electron chi connectivity index (χ0n) is 11.9. The minimum atomic E-state index is -0.258. The summed E-state index contributed by atoms with van der Waals surface area (Å²) in [7, 11) is 0. The molecule has 1 aromatic carbocycles. The van der Waals surface area contributed by atoms with Crippen molar-refractivity contribution in [2.75, 3.05) is 19.7 Å². The molecule has 0 radical (unpaired) electrons. The normalized spacial score (nSPS) is 18.5. The van der Waals surface area contributed by atoms with Gasteiger partial charge in [0, 0.05) is 24.0 Å². The molecule has 1 aromatic heterocycles. The Balaban J connectivity index is 1.75. The summed E-state index contributed by atoms with van der Waals surface area (Å²) in [6.45, 7) is 3.49. The zero-order valence-corrected chi connectivity index (χ0v) is 11.9. The molecule has 3 rings (SSSR count). The fourth-order valence-corrected chi connectivity index (χ4v) is 2.38. The molecule has 0 bridgehead atoms. The average molecular weight is 283 g/mol. The highest BCUT2D eigenvalue weighted by molar-refractivity contribution is 5.94. The van der Waals surface area contributed by atoms with E-state index in [-0.39, 0.29) is 12.0 Å². The summed E-state index contributed by atoms with van der Waals surface area (Å²) in [5, 5.41) is 0. The van der Waals surface area contributed by atoms with E-state index < -0.39 is 0 Å². The summed E-state index contributed by atoms with van der Waals surface area (Å²) in [5.74, 6) is 0.664. The van der Waals surface area contributed by atoms with E-state index in [1.165, 1.54) is 0 Å². The SMILES string of the molecule is Cc1ccnc([C@H]2CN(C(=O)c3ccccc3)CCO2)n1. The second kappa shape index (κ2) is 6.01. The van der Waals surface area contributed by atoms with E-state index in [0.29, 0.717) is 31.1 Å². The molecule has 5 nitrogen and oxygen atoms in total. The lowest BCUT2D eigenvalue weighted by atomic mass is 10.1. The Labute approximate surface area is 123 Å². The number of nitrogens with zero attached hydrogens (tertiary/aromatic N) is 3. The first-order valence-corrected chi connectivity index (χ1v) is 6.99. The number of carbonyl (C=O) groups is 1. The van der Waals surface area contributed by atoms with Crippen LogP contribution in [-0.4, -0.2) is 40.5 Å². The molecule has 108 valence electrons. The van der Waals surface area contributed by atoms with E-state index in [2.05, 4.69) is 9.97 Å². The van der Waals surface area contributed by atoms with Crippen molar-refractivity contribution in [3.8, 4) is 0 Å². The molecule has 1 saturated heterocycles. The van der Waals surface area contributed by atoms with Crippen LogP contribution in [0.2, 0.25) is 0 Å². The molecule has 1 aliphatic heterocycles. The summed E-state index contributed by atoms with van der Waals surface area (Å²) in [5.41, 5.74) is 1.60. The Hall–Kier alpha value is -2.27. The van der Waals surface area contributed by atoms with Gasteiger partial charge in [-0.2, -0.15) is 0 Å². The Morgan fingerprint density at radius 2 is 2.10 bits per heavy atom. The van der Waals surface area contributed by atoms with Crippen molar-refractivity contribution in [2.45, 2.75) is 13.0 Å². The van der Waals surface area contributed by atoms with Crippen LogP contribution in [0.15, 0.2) is 42.6 Å². The number of carbonyl (C=O) groups excluding carboxylic acids is 1. The standard InChI is InChI=1S/C16H17N3O2/c1-12-7-8-17-15(18-12)14-11-19(9-10-21-14)16(20)13-5-3-2-4-6-13/h2-8,14H,9-11H2,1H3/t14-/m1/s1. The molecule has 2 heterocycles. The molecule has 0 spiro atoms. The Kier molecular flexibility index (Phi) is 3.92. The largest absolute Gasteiger partial charge is 0.367 e. The van der Waals surface area contributed by atoms with Crippen LogP contribution < -0.4 is 0 Å². The van der Waals surface area contributed by atoms with Crippen LogP contribution in [0, 0.1) is 6.92 Å². The van der Waals surface area contributed by atoms with Crippen LogP contribution in [0.1, 0.15) is 28.0 Å². The van der Waals surface area contributed by atoms with Gasteiger partial charge in [-0.3, -0.25) is 4.79 Å². The molecule has 0 unspecified atom stereocenters. The molecule has 0 N–H and O–H groups in total. The van der Waals surface area contributed by atoms with Gasteiger partial charge < -0.3 is 9.64 Å². The van der Waals surface area contributed by atoms with Crippen LogP contribution >= 0.6 is 0 Å². The number of morpholine rings is 1. The van der Waals surface area contributed by atoms with Gasteiger partial charge >= 0.3 is 0 Å². The minimum Gasteiger partial charge on any atom is -0.367 e. The first kappa shape index (κ1) is 13.7. The van der Waals surface area contributed by atoms with Gasteiger partial charge in [-0.05, 0) is 25.1 Å². The van der Waals surface area contributed by atoms with Crippen molar-refractivity contribution in [1.29, 1.82) is 0 Å². The lowest BCUT2D eigenvalue weighted by Crippen LogP contribution is -2.42. The first-order chi connectivity index (χ1) is 10.2. The molecule has 1 fully saturated rings. The van der Waals surface area contributed by atoms with Gasteiger partial charge in [0.05, 0.1) is 13.2 Å². The third-order valence-electron chi connectivity index (χ3n) is 3.48. The monoisotopic (exact) mass is 283 g/mol. The Morgan fingerprint density at radius 1 is 1.29 bits per heavy atom. The molecule has 0 saturated carbocycles. The number of ether oxygens (including phenoxy) is 1. The molecule has 5 heteroatoms. The first-order valence-electron chi connectivity index (χ1n) is 6.99. The second-order valence-electron chi connectivity index (χ2n) is 5.03. The fraction of sp³-hybridized carbons (Fsp3) is 0.312. The summed E-state index contributed by atoms with van der Waals surface area (Å²) in [6.07, 6.45) is 1.46. The molecular formula is C16H17N3O2. The van der Waals surface area contributed by atoms with Crippen LogP contribution in [0.3, 0.4) is 0 Å². The molecule has 2 aromatic rings. The molecule has 0 aliphatic carbocycles. The van der Waals surface area contributed by atoms with Gasteiger partial charge in [-0.1, -0.05) is 18.2 Å². The highest BCUT2D eigenvalue weighted by Gasteiger charge is 2.27. The van der Waals surface area contributed by atoms with Crippen LogP contribution in [0.4, 0.5) is 0 Å².